The zero-order valence-corrected chi connectivity index (χ0v) is 7.91. The maximum atomic E-state index is 10.8. The zero-order valence-electron chi connectivity index (χ0n) is 7.91. The molecule has 0 bridgehead atoms. The molecule has 0 aromatic carbocycles. The summed E-state index contributed by atoms with van der Waals surface area (Å²) in [6.45, 7) is 1.46. The summed E-state index contributed by atoms with van der Waals surface area (Å²) in [5.74, 6) is 0. The Morgan fingerprint density at radius 3 is 2.77 bits per heavy atom. The Hall–Kier alpha value is -0.810. The number of aliphatic hydroxyl groups excluding tert-OH is 1. The lowest BCUT2D eigenvalue weighted by Gasteiger charge is -2.05. The smallest absolute Gasteiger partial charge is 0.407 e. The van der Waals surface area contributed by atoms with Gasteiger partial charge < -0.3 is 19.9 Å². The molecular weight excluding hydrogens is 174 g/mol. The van der Waals surface area contributed by atoms with Gasteiger partial charge in [0.15, 0.2) is 0 Å². The molecule has 0 spiro atoms. The molecule has 13 heavy (non-hydrogen) atoms. The Morgan fingerprint density at radius 2 is 2.15 bits per heavy atom. The lowest BCUT2D eigenvalue weighted by atomic mass is 10.4. The molecule has 0 aliphatic rings. The van der Waals surface area contributed by atoms with E-state index in [-0.39, 0.29) is 6.61 Å². The van der Waals surface area contributed by atoms with E-state index in [1.165, 1.54) is 0 Å². The molecule has 5 nitrogen and oxygen atoms in total. The van der Waals surface area contributed by atoms with Gasteiger partial charge >= 0.3 is 6.09 Å². The Labute approximate surface area is 78.0 Å². The molecule has 1 amide bonds. The molecule has 0 rings (SSSR count). The fourth-order valence-electron chi connectivity index (χ4n) is 0.689. The average Bonchev–Trinajstić information content (AvgIpc) is 2.13. The predicted octanol–water partition coefficient (Wildman–Crippen LogP) is 0.132. The van der Waals surface area contributed by atoms with Crippen LogP contribution in [0.3, 0.4) is 0 Å². The lowest BCUT2D eigenvalue weighted by Crippen LogP contribution is -2.26. The molecule has 0 radical (unpaired) electrons. The third kappa shape index (κ3) is 9.10. The van der Waals surface area contributed by atoms with Crippen LogP contribution in [0.25, 0.3) is 0 Å². The standard InChI is InChI=1S/C8H17NO4/c1-12-6-3-7-13-8(11)9-4-2-5-10/h10H,2-7H2,1H3,(H,9,11). The molecule has 0 fully saturated rings. The lowest BCUT2D eigenvalue weighted by molar-refractivity contribution is 0.124. The van der Waals surface area contributed by atoms with Crippen LogP contribution in [0.15, 0.2) is 0 Å². The van der Waals surface area contributed by atoms with Gasteiger partial charge in [-0.3, -0.25) is 0 Å². The molecule has 0 saturated carbocycles. The molecule has 0 aromatic heterocycles. The fraction of sp³-hybridized carbons (Fsp3) is 0.875. The van der Waals surface area contributed by atoms with E-state index in [1.807, 2.05) is 0 Å². The number of alkyl carbamates (subject to hydrolysis) is 1. The highest BCUT2D eigenvalue weighted by Gasteiger charge is 1.99. The summed E-state index contributed by atoms with van der Waals surface area (Å²) < 4.78 is 9.56. The van der Waals surface area contributed by atoms with Gasteiger partial charge in [0.05, 0.1) is 6.61 Å². The minimum atomic E-state index is -0.440. The van der Waals surface area contributed by atoms with E-state index in [1.54, 1.807) is 7.11 Å². The molecule has 78 valence electrons. The Kier molecular flexibility index (Phi) is 8.70. The van der Waals surface area contributed by atoms with E-state index >= 15 is 0 Å². The second kappa shape index (κ2) is 9.28. The number of amides is 1. The van der Waals surface area contributed by atoms with Gasteiger partial charge in [-0.05, 0) is 6.42 Å². The van der Waals surface area contributed by atoms with Crippen molar-refractivity contribution in [3.8, 4) is 0 Å². The predicted molar refractivity (Wildman–Crippen MR) is 47.5 cm³/mol. The Balaban J connectivity index is 3.11. The zero-order chi connectivity index (χ0) is 9.94. The first-order valence-electron chi connectivity index (χ1n) is 4.31. The van der Waals surface area contributed by atoms with Crippen LogP contribution in [-0.2, 0) is 9.47 Å². The number of nitrogens with one attached hydrogen (secondary N) is 1. The van der Waals surface area contributed by atoms with Crippen LogP contribution in [0.2, 0.25) is 0 Å². The Morgan fingerprint density at radius 1 is 1.38 bits per heavy atom. The van der Waals surface area contributed by atoms with Crippen molar-refractivity contribution in [3.05, 3.63) is 0 Å². The molecule has 5 heteroatoms. The minimum absolute atomic E-state index is 0.0734. The number of aliphatic hydroxyl groups is 1. The summed E-state index contributed by atoms with van der Waals surface area (Å²) in [5.41, 5.74) is 0. The van der Waals surface area contributed by atoms with Crippen molar-refractivity contribution in [1.29, 1.82) is 0 Å². The van der Waals surface area contributed by atoms with E-state index in [0.717, 1.165) is 0 Å². The molecule has 0 atom stereocenters. The maximum absolute atomic E-state index is 10.8. The summed E-state index contributed by atoms with van der Waals surface area (Å²) in [5, 5.41) is 10.9. The molecule has 0 aromatic rings. The van der Waals surface area contributed by atoms with E-state index in [0.29, 0.717) is 32.6 Å². The number of hydrogen-bond acceptors (Lipinski definition) is 4. The van der Waals surface area contributed by atoms with Gasteiger partial charge in [0.25, 0.3) is 0 Å². The van der Waals surface area contributed by atoms with Gasteiger partial charge in [-0.1, -0.05) is 0 Å². The second-order valence-corrected chi connectivity index (χ2v) is 2.49. The first kappa shape index (κ1) is 12.2. The third-order valence-corrected chi connectivity index (χ3v) is 1.33. The van der Waals surface area contributed by atoms with Crippen molar-refractivity contribution < 1.29 is 19.4 Å². The van der Waals surface area contributed by atoms with Crippen LogP contribution in [0, 0.1) is 0 Å². The van der Waals surface area contributed by atoms with Gasteiger partial charge in [-0.2, -0.15) is 0 Å². The summed E-state index contributed by atoms with van der Waals surface area (Å²) in [6, 6.07) is 0. The minimum Gasteiger partial charge on any atom is -0.449 e. The number of rotatable bonds is 7. The van der Waals surface area contributed by atoms with Crippen molar-refractivity contribution in [2.75, 3.05) is 33.5 Å². The van der Waals surface area contributed by atoms with Crippen LogP contribution in [0.1, 0.15) is 12.8 Å². The van der Waals surface area contributed by atoms with E-state index in [2.05, 4.69) is 5.32 Å². The molecule has 0 unspecified atom stereocenters. The van der Waals surface area contributed by atoms with Gasteiger partial charge in [0, 0.05) is 33.3 Å². The number of ether oxygens (including phenoxy) is 2. The molecule has 0 aliphatic heterocycles. The highest BCUT2D eigenvalue weighted by molar-refractivity contribution is 5.66. The average molecular weight is 191 g/mol. The maximum Gasteiger partial charge on any atom is 0.407 e. The third-order valence-electron chi connectivity index (χ3n) is 1.33. The highest BCUT2D eigenvalue weighted by Crippen LogP contribution is 1.84. The van der Waals surface area contributed by atoms with Crippen LogP contribution in [-0.4, -0.2) is 44.7 Å². The second-order valence-electron chi connectivity index (χ2n) is 2.49. The normalized spacial score (nSPS) is 9.69. The van der Waals surface area contributed by atoms with Gasteiger partial charge in [0.2, 0.25) is 0 Å². The topological polar surface area (TPSA) is 67.8 Å². The molecule has 0 heterocycles. The summed E-state index contributed by atoms with van der Waals surface area (Å²) in [4.78, 5) is 10.8. The fourth-order valence-corrected chi connectivity index (χ4v) is 0.689. The SMILES string of the molecule is COCCCOC(=O)NCCCO. The molecule has 0 saturated heterocycles. The number of methoxy groups -OCH3 is 1. The van der Waals surface area contributed by atoms with Crippen LogP contribution >= 0.6 is 0 Å². The van der Waals surface area contributed by atoms with Crippen LogP contribution in [0.4, 0.5) is 4.79 Å². The number of carbonyl (C=O) groups is 1. The van der Waals surface area contributed by atoms with Gasteiger partial charge in [-0.15, -0.1) is 0 Å². The largest absolute Gasteiger partial charge is 0.449 e. The monoisotopic (exact) mass is 191 g/mol. The molecule has 0 aliphatic carbocycles. The van der Waals surface area contributed by atoms with Crippen LogP contribution < -0.4 is 5.32 Å². The van der Waals surface area contributed by atoms with E-state index in [9.17, 15) is 4.79 Å². The summed E-state index contributed by atoms with van der Waals surface area (Å²) in [6.07, 6.45) is 0.807. The first-order valence-corrected chi connectivity index (χ1v) is 4.31. The van der Waals surface area contributed by atoms with Crippen molar-refractivity contribution >= 4 is 6.09 Å². The quantitative estimate of drug-likeness (QED) is 0.561. The van der Waals surface area contributed by atoms with Crippen molar-refractivity contribution in [2.24, 2.45) is 0 Å². The molecule has 2 N–H and O–H groups in total. The number of carbonyl (C=O) groups excluding carboxylic acids is 1. The van der Waals surface area contributed by atoms with E-state index < -0.39 is 6.09 Å². The number of hydrogen-bond donors (Lipinski definition) is 2. The van der Waals surface area contributed by atoms with Crippen molar-refractivity contribution in [1.82, 2.24) is 5.32 Å². The van der Waals surface area contributed by atoms with E-state index in [4.69, 9.17) is 14.6 Å². The van der Waals surface area contributed by atoms with Crippen molar-refractivity contribution in [2.45, 2.75) is 12.8 Å². The highest BCUT2D eigenvalue weighted by atomic mass is 16.5. The van der Waals surface area contributed by atoms with Crippen LogP contribution in [0.5, 0.6) is 0 Å². The van der Waals surface area contributed by atoms with Gasteiger partial charge in [0.1, 0.15) is 0 Å². The summed E-state index contributed by atoms with van der Waals surface area (Å²) >= 11 is 0. The van der Waals surface area contributed by atoms with Crippen molar-refractivity contribution in [3.63, 3.8) is 0 Å². The Bertz CT molecular complexity index is 129. The first-order chi connectivity index (χ1) is 6.31. The van der Waals surface area contributed by atoms with Gasteiger partial charge in [-0.25, -0.2) is 4.79 Å². The summed E-state index contributed by atoms with van der Waals surface area (Å²) in [7, 11) is 1.60. The molecular formula is C8H17NO4.